The van der Waals surface area contributed by atoms with E-state index >= 15 is 0 Å². The quantitative estimate of drug-likeness (QED) is 0.524. The van der Waals surface area contributed by atoms with E-state index in [9.17, 15) is 20.3 Å². The van der Waals surface area contributed by atoms with Gasteiger partial charge in [-0.1, -0.05) is 6.92 Å². The third-order valence-electron chi connectivity index (χ3n) is 2.75. The molecule has 2 N–H and O–H groups in total. The Kier molecular flexibility index (Phi) is 5.61. The summed E-state index contributed by atoms with van der Waals surface area (Å²) in [6.07, 6.45) is 1.73. The van der Waals surface area contributed by atoms with Gasteiger partial charge in [0.2, 0.25) is 0 Å². The van der Waals surface area contributed by atoms with E-state index in [0.717, 1.165) is 6.20 Å². The minimum atomic E-state index is -0.833. The minimum Gasteiger partial charge on any atom is -0.390 e. The second-order valence-electron chi connectivity index (χ2n) is 5.47. The van der Waals surface area contributed by atoms with Crippen LogP contribution in [0.3, 0.4) is 0 Å². The van der Waals surface area contributed by atoms with Gasteiger partial charge in [0.05, 0.1) is 23.2 Å². The first-order chi connectivity index (χ1) is 9.21. The molecule has 0 aliphatic heterocycles. The number of aromatic nitrogens is 2. The molecule has 0 saturated carbocycles. The maximum absolute atomic E-state index is 10.5. The van der Waals surface area contributed by atoms with Crippen LogP contribution in [0.2, 0.25) is 0 Å². The molecule has 20 heavy (non-hydrogen) atoms. The first-order valence-electron chi connectivity index (χ1n) is 6.51. The van der Waals surface area contributed by atoms with Crippen molar-refractivity contribution in [3.05, 3.63) is 22.5 Å². The van der Waals surface area contributed by atoms with Crippen LogP contribution in [0.15, 0.2) is 12.4 Å². The highest BCUT2D eigenvalue weighted by molar-refractivity contribution is 5.20. The molecule has 1 atom stereocenters. The fourth-order valence-electron chi connectivity index (χ4n) is 1.97. The minimum absolute atomic E-state index is 0.0963. The number of nitrogens with zero attached hydrogens (tertiary/aromatic N) is 4. The average molecular weight is 286 g/mol. The molecule has 1 heterocycles. The van der Waals surface area contributed by atoms with Gasteiger partial charge in [-0.3, -0.25) is 19.7 Å². The van der Waals surface area contributed by atoms with E-state index < -0.39 is 16.6 Å². The monoisotopic (exact) mass is 286 g/mol. The van der Waals surface area contributed by atoms with Gasteiger partial charge in [0.25, 0.3) is 0 Å². The van der Waals surface area contributed by atoms with Gasteiger partial charge in [-0.2, -0.15) is 5.10 Å². The Morgan fingerprint density at radius 3 is 2.70 bits per heavy atom. The van der Waals surface area contributed by atoms with E-state index in [-0.39, 0.29) is 12.2 Å². The molecule has 1 aromatic heterocycles. The van der Waals surface area contributed by atoms with E-state index in [1.807, 2.05) is 11.8 Å². The van der Waals surface area contributed by atoms with Crippen LogP contribution in [0.25, 0.3) is 0 Å². The van der Waals surface area contributed by atoms with Crippen LogP contribution >= 0.6 is 0 Å². The second-order valence-corrected chi connectivity index (χ2v) is 5.47. The Bertz CT molecular complexity index is 441. The predicted molar refractivity (Wildman–Crippen MR) is 73.3 cm³/mol. The average Bonchev–Trinajstić information content (AvgIpc) is 2.74. The lowest BCUT2D eigenvalue weighted by Gasteiger charge is -2.29. The third-order valence-corrected chi connectivity index (χ3v) is 2.75. The van der Waals surface area contributed by atoms with Crippen molar-refractivity contribution < 1.29 is 15.1 Å². The second kappa shape index (κ2) is 6.78. The lowest BCUT2D eigenvalue weighted by molar-refractivity contribution is -0.385. The van der Waals surface area contributed by atoms with E-state index in [0.29, 0.717) is 19.6 Å². The van der Waals surface area contributed by atoms with Gasteiger partial charge in [-0.05, 0) is 20.4 Å². The summed E-state index contributed by atoms with van der Waals surface area (Å²) in [5.41, 5.74) is -0.929. The Balaban J connectivity index is 2.52. The third kappa shape index (κ3) is 5.64. The summed E-state index contributed by atoms with van der Waals surface area (Å²) in [7, 11) is 0. The molecule has 1 rings (SSSR count). The van der Waals surface area contributed by atoms with Crippen molar-refractivity contribution in [2.24, 2.45) is 0 Å². The van der Waals surface area contributed by atoms with Crippen LogP contribution < -0.4 is 0 Å². The highest BCUT2D eigenvalue weighted by atomic mass is 16.6. The molecular weight excluding hydrogens is 264 g/mol. The molecule has 0 amide bonds. The Labute approximate surface area is 117 Å². The molecule has 0 radical (unpaired) electrons. The molecule has 0 aliphatic rings. The zero-order chi connectivity index (χ0) is 15.3. The van der Waals surface area contributed by atoms with Crippen LogP contribution in [-0.2, 0) is 6.54 Å². The molecule has 114 valence electrons. The number of aliphatic hydroxyl groups is 2. The Morgan fingerprint density at radius 1 is 1.60 bits per heavy atom. The SMILES string of the molecule is CCN(CC(O)Cn1cc([N+](=O)[O-])cn1)CC(C)(C)O. The lowest BCUT2D eigenvalue weighted by Crippen LogP contribution is -2.43. The van der Waals surface area contributed by atoms with E-state index in [2.05, 4.69) is 5.10 Å². The van der Waals surface area contributed by atoms with Gasteiger partial charge in [-0.15, -0.1) is 0 Å². The molecular formula is C12H22N4O4. The number of likely N-dealkylation sites (N-methyl/N-ethyl adjacent to an activating group) is 1. The predicted octanol–water partition coefficient (Wildman–Crippen LogP) is 0.245. The van der Waals surface area contributed by atoms with Gasteiger partial charge in [0.1, 0.15) is 12.4 Å². The van der Waals surface area contributed by atoms with Crippen LogP contribution in [0.4, 0.5) is 5.69 Å². The summed E-state index contributed by atoms with van der Waals surface area (Å²) in [5.74, 6) is 0. The first kappa shape index (κ1) is 16.5. The molecule has 0 aliphatic carbocycles. The topological polar surface area (TPSA) is 105 Å². The molecule has 0 saturated heterocycles. The van der Waals surface area contributed by atoms with E-state index in [1.165, 1.54) is 10.9 Å². The highest BCUT2D eigenvalue weighted by Gasteiger charge is 2.20. The van der Waals surface area contributed by atoms with Gasteiger partial charge in [0.15, 0.2) is 0 Å². The molecule has 1 aromatic rings. The molecule has 0 spiro atoms. The Morgan fingerprint density at radius 2 is 2.25 bits per heavy atom. The van der Waals surface area contributed by atoms with Crippen LogP contribution in [-0.4, -0.2) is 61.2 Å². The summed E-state index contributed by atoms with van der Waals surface area (Å²) < 4.78 is 1.35. The fourth-order valence-corrected chi connectivity index (χ4v) is 1.97. The molecule has 8 heteroatoms. The van der Waals surface area contributed by atoms with Crippen LogP contribution in [0.5, 0.6) is 0 Å². The molecule has 0 fully saturated rings. The van der Waals surface area contributed by atoms with Crippen LogP contribution in [0, 0.1) is 10.1 Å². The molecule has 1 unspecified atom stereocenters. The first-order valence-corrected chi connectivity index (χ1v) is 6.51. The zero-order valence-corrected chi connectivity index (χ0v) is 12.1. The maximum Gasteiger partial charge on any atom is 0.306 e. The van der Waals surface area contributed by atoms with Gasteiger partial charge in [-0.25, -0.2) is 0 Å². The number of nitro groups is 1. The lowest BCUT2D eigenvalue weighted by atomic mass is 10.1. The smallest absolute Gasteiger partial charge is 0.306 e. The van der Waals surface area contributed by atoms with E-state index in [4.69, 9.17) is 0 Å². The fraction of sp³-hybridized carbons (Fsp3) is 0.750. The summed E-state index contributed by atoms with van der Waals surface area (Å²) in [5, 5.41) is 34.1. The summed E-state index contributed by atoms with van der Waals surface area (Å²) in [6.45, 7) is 7.04. The van der Waals surface area contributed by atoms with Crippen molar-refractivity contribution in [2.75, 3.05) is 19.6 Å². The number of aliphatic hydroxyl groups excluding tert-OH is 1. The highest BCUT2D eigenvalue weighted by Crippen LogP contribution is 2.09. The molecule has 8 nitrogen and oxygen atoms in total. The van der Waals surface area contributed by atoms with Crippen molar-refractivity contribution in [2.45, 2.75) is 39.0 Å². The van der Waals surface area contributed by atoms with Crippen molar-refractivity contribution in [3.8, 4) is 0 Å². The maximum atomic E-state index is 10.5. The Hall–Kier alpha value is -1.51. The normalized spacial score (nSPS) is 13.7. The van der Waals surface area contributed by atoms with Gasteiger partial charge < -0.3 is 10.2 Å². The van der Waals surface area contributed by atoms with Crippen molar-refractivity contribution >= 4 is 5.69 Å². The van der Waals surface area contributed by atoms with E-state index in [1.54, 1.807) is 13.8 Å². The van der Waals surface area contributed by atoms with Crippen LogP contribution in [0.1, 0.15) is 20.8 Å². The molecule has 0 bridgehead atoms. The largest absolute Gasteiger partial charge is 0.390 e. The number of rotatable bonds is 8. The summed E-state index contributed by atoms with van der Waals surface area (Å²) in [6, 6.07) is 0. The summed E-state index contributed by atoms with van der Waals surface area (Å²) >= 11 is 0. The van der Waals surface area contributed by atoms with Crippen molar-refractivity contribution in [1.29, 1.82) is 0 Å². The molecule has 0 aromatic carbocycles. The number of hydrogen-bond acceptors (Lipinski definition) is 6. The zero-order valence-electron chi connectivity index (χ0n) is 12.1. The number of hydrogen-bond donors (Lipinski definition) is 2. The standard InChI is InChI=1S/C12H22N4O4/c1-4-14(9-12(2,3)18)7-11(17)8-15-6-10(5-13-15)16(19)20/h5-6,11,17-18H,4,7-9H2,1-3H3. The van der Waals surface area contributed by atoms with Gasteiger partial charge in [0, 0.05) is 13.1 Å². The van der Waals surface area contributed by atoms with Gasteiger partial charge >= 0.3 is 5.69 Å². The summed E-state index contributed by atoms with van der Waals surface area (Å²) in [4.78, 5) is 11.9. The van der Waals surface area contributed by atoms with Crippen molar-refractivity contribution in [1.82, 2.24) is 14.7 Å². The van der Waals surface area contributed by atoms with Crippen molar-refractivity contribution in [3.63, 3.8) is 0 Å².